The van der Waals surface area contributed by atoms with Crippen molar-refractivity contribution in [3.05, 3.63) is 75.4 Å². The third kappa shape index (κ3) is 7.07. The lowest BCUT2D eigenvalue weighted by molar-refractivity contribution is -0.120. The van der Waals surface area contributed by atoms with Gasteiger partial charge in [-0.05, 0) is 65.8 Å². The standard InChI is InChI=1S/C35H39N5O6S/c1-7-19(2)31(34(43)40-35-39-27(18-47-35)25-10-8-9-15-36-25)38-26-14-12-22-23(17-28(26)42)24(37-20(3)41)13-11-21-16-29(44-4)32(45-5)33(46-6)30(21)22/h8-10,12,14-19,24,31H,7,11,13H2,1-6H3,(H,37,41)(H,38,42)(H,39,40,43)/t19-,24-,31-/m0/s1. The maximum Gasteiger partial charge on any atom is 0.248 e. The number of anilines is 2. The van der Waals surface area contributed by atoms with Crippen LogP contribution >= 0.6 is 11.3 Å². The monoisotopic (exact) mass is 657 g/mol. The lowest BCUT2D eigenvalue weighted by Crippen LogP contribution is -2.40. The molecule has 0 saturated heterocycles. The number of rotatable bonds is 11. The summed E-state index contributed by atoms with van der Waals surface area (Å²) >= 11 is 1.31. The van der Waals surface area contributed by atoms with Gasteiger partial charge in [0.05, 0.1) is 38.8 Å². The average molecular weight is 658 g/mol. The van der Waals surface area contributed by atoms with Crippen LogP contribution in [0.25, 0.3) is 22.5 Å². The number of benzene rings is 1. The van der Waals surface area contributed by atoms with E-state index in [0.29, 0.717) is 64.2 Å². The van der Waals surface area contributed by atoms with Crippen molar-refractivity contribution in [2.75, 3.05) is 32.0 Å². The molecule has 0 radical (unpaired) electrons. The number of nitrogens with one attached hydrogen (secondary N) is 3. The largest absolute Gasteiger partial charge is 0.493 e. The fourth-order valence-electron chi connectivity index (χ4n) is 5.84. The molecule has 0 aliphatic heterocycles. The molecule has 0 spiro atoms. The van der Waals surface area contributed by atoms with Gasteiger partial charge in [0.1, 0.15) is 11.7 Å². The topological polar surface area (TPSA) is 141 Å². The minimum absolute atomic E-state index is 0.127. The highest BCUT2D eigenvalue weighted by Gasteiger charge is 2.30. The molecule has 2 heterocycles. The molecular formula is C35H39N5O6S. The first-order valence-electron chi connectivity index (χ1n) is 15.4. The van der Waals surface area contributed by atoms with Crippen LogP contribution in [0.15, 0.2) is 58.8 Å². The molecule has 12 heteroatoms. The second-order valence-corrected chi connectivity index (χ2v) is 12.2. The highest BCUT2D eigenvalue weighted by molar-refractivity contribution is 7.14. The summed E-state index contributed by atoms with van der Waals surface area (Å²) in [5.41, 5.74) is 4.30. The minimum Gasteiger partial charge on any atom is -0.493 e. The number of ether oxygens (including phenoxy) is 3. The van der Waals surface area contributed by atoms with Crippen LogP contribution in [0.5, 0.6) is 17.2 Å². The van der Waals surface area contributed by atoms with Crippen molar-refractivity contribution in [1.29, 1.82) is 0 Å². The number of pyridine rings is 1. The Morgan fingerprint density at radius 3 is 2.49 bits per heavy atom. The van der Waals surface area contributed by atoms with E-state index in [4.69, 9.17) is 14.2 Å². The SMILES string of the molecule is CC[C@H](C)[C@H](Nc1ccc2c(cc1=O)[C@@H](NC(C)=O)CCc1cc(OC)c(OC)c(OC)c1-2)C(=O)Nc1nc(-c2ccccn2)cs1. The average Bonchev–Trinajstić information content (AvgIpc) is 3.42. The van der Waals surface area contributed by atoms with Crippen molar-refractivity contribution in [2.45, 2.75) is 52.1 Å². The fourth-order valence-corrected chi connectivity index (χ4v) is 6.55. The second-order valence-electron chi connectivity index (χ2n) is 11.3. The van der Waals surface area contributed by atoms with E-state index in [1.165, 1.54) is 24.3 Å². The number of hydrogen-bond acceptors (Lipinski definition) is 10. The number of nitrogens with zero attached hydrogens (tertiary/aromatic N) is 2. The zero-order valence-corrected chi connectivity index (χ0v) is 28.1. The molecule has 0 unspecified atom stereocenters. The molecule has 2 aromatic heterocycles. The van der Waals surface area contributed by atoms with Crippen molar-refractivity contribution < 1.29 is 23.8 Å². The minimum atomic E-state index is -0.741. The second kappa shape index (κ2) is 14.6. The maximum atomic E-state index is 13.9. The van der Waals surface area contributed by atoms with Crippen LogP contribution in [0.1, 0.15) is 50.8 Å². The van der Waals surface area contributed by atoms with E-state index in [0.717, 1.165) is 11.1 Å². The van der Waals surface area contributed by atoms with Gasteiger partial charge < -0.3 is 30.2 Å². The van der Waals surface area contributed by atoms with Crippen molar-refractivity contribution in [3.8, 4) is 39.8 Å². The summed E-state index contributed by atoms with van der Waals surface area (Å²) in [6.07, 6.45) is 3.50. The third-order valence-corrected chi connectivity index (χ3v) is 9.14. The van der Waals surface area contributed by atoms with E-state index >= 15 is 0 Å². The van der Waals surface area contributed by atoms with Crippen LogP contribution < -0.4 is 35.6 Å². The Balaban J connectivity index is 1.56. The van der Waals surface area contributed by atoms with Crippen molar-refractivity contribution in [2.24, 2.45) is 5.92 Å². The van der Waals surface area contributed by atoms with Gasteiger partial charge in [0.15, 0.2) is 16.6 Å². The number of methoxy groups -OCH3 is 3. The van der Waals surface area contributed by atoms with Crippen molar-refractivity contribution in [1.82, 2.24) is 15.3 Å². The van der Waals surface area contributed by atoms with E-state index < -0.39 is 12.1 Å². The predicted octanol–water partition coefficient (Wildman–Crippen LogP) is 5.85. The third-order valence-electron chi connectivity index (χ3n) is 8.38. The van der Waals surface area contributed by atoms with Crippen LogP contribution in [-0.2, 0) is 16.0 Å². The molecule has 246 valence electrons. The predicted molar refractivity (Wildman–Crippen MR) is 184 cm³/mol. The van der Waals surface area contributed by atoms with Gasteiger partial charge in [-0.25, -0.2) is 4.98 Å². The quantitative estimate of drug-likeness (QED) is 0.181. The van der Waals surface area contributed by atoms with Crippen LogP contribution in [0.4, 0.5) is 10.8 Å². The van der Waals surface area contributed by atoms with Crippen molar-refractivity contribution in [3.63, 3.8) is 0 Å². The number of fused-ring (bicyclic) bond motifs is 3. The summed E-state index contributed by atoms with van der Waals surface area (Å²) in [7, 11) is 4.66. The van der Waals surface area contributed by atoms with E-state index in [-0.39, 0.29) is 28.8 Å². The molecule has 3 N–H and O–H groups in total. The van der Waals surface area contributed by atoms with Crippen LogP contribution in [0, 0.1) is 5.92 Å². The number of aryl methyl sites for hydroxylation is 1. The van der Waals surface area contributed by atoms with Gasteiger partial charge in [-0.3, -0.25) is 19.4 Å². The Bertz CT molecular complexity index is 1830. The molecule has 2 amide bonds. The van der Waals surface area contributed by atoms with Gasteiger partial charge in [-0.1, -0.05) is 32.4 Å². The molecule has 5 rings (SSSR count). The highest BCUT2D eigenvalue weighted by Crippen LogP contribution is 2.50. The van der Waals surface area contributed by atoms with Crippen LogP contribution in [-0.4, -0.2) is 49.2 Å². The number of amides is 2. The summed E-state index contributed by atoms with van der Waals surface area (Å²) < 4.78 is 17.2. The molecule has 2 aromatic carbocycles. The molecule has 3 atom stereocenters. The van der Waals surface area contributed by atoms with Gasteiger partial charge in [-0.2, -0.15) is 0 Å². The Morgan fingerprint density at radius 1 is 1.04 bits per heavy atom. The molecule has 0 bridgehead atoms. The number of aromatic nitrogens is 2. The van der Waals surface area contributed by atoms with Gasteiger partial charge in [0.25, 0.3) is 0 Å². The first-order valence-corrected chi connectivity index (χ1v) is 16.3. The Morgan fingerprint density at radius 2 is 1.83 bits per heavy atom. The fraction of sp³-hybridized carbons (Fsp3) is 0.343. The van der Waals surface area contributed by atoms with Gasteiger partial charge in [0, 0.05) is 24.1 Å². The highest BCUT2D eigenvalue weighted by atomic mass is 32.1. The summed E-state index contributed by atoms with van der Waals surface area (Å²) in [4.78, 5) is 48.8. The molecule has 11 nitrogen and oxygen atoms in total. The van der Waals surface area contributed by atoms with Gasteiger partial charge in [0.2, 0.25) is 23.0 Å². The summed E-state index contributed by atoms with van der Waals surface area (Å²) in [6.45, 7) is 5.40. The maximum absolute atomic E-state index is 13.9. The molecule has 47 heavy (non-hydrogen) atoms. The van der Waals surface area contributed by atoms with E-state index in [1.807, 2.05) is 49.6 Å². The summed E-state index contributed by atoms with van der Waals surface area (Å²) in [5, 5.41) is 11.5. The number of hydrogen-bond donors (Lipinski definition) is 3. The Labute approximate surface area is 277 Å². The first-order chi connectivity index (χ1) is 22.7. The summed E-state index contributed by atoms with van der Waals surface area (Å²) in [5.74, 6) is 0.751. The number of thiazole rings is 1. The van der Waals surface area contributed by atoms with E-state index in [9.17, 15) is 14.4 Å². The van der Waals surface area contributed by atoms with Crippen molar-refractivity contribution >= 4 is 34.0 Å². The lowest BCUT2D eigenvalue weighted by Gasteiger charge is -2.23. The van der Waals surface area contributed by atoms with Gasteiger partial charge >= 0.3 is 0 Å². The first kappa shape index (κ1) is 33.4. The molecule has 1 aliphatic carbocycles. The molecular weight excluding hydrogens is 618 g/mol. The Kier molecular flexibility index (Phi) is 10.4. The van der Waals surface area contributed by atoms with E-state index in [2.05, 4.69) is 25.9 Å². The molecule has 0 saturated carbocycles. The normalized spacial score (nSPS) is 14.8. The van der Waals surface area contributed by atoms with Crippen LogP contribution in [0.3, 0.4) is 0 Å². The lowest BCUT2D eigenvalue weighted by atomic mass is 9.95. The zero-order valence-electron chi connectivity index (χ0n) is 27.3. The smallest absolute Gasteiger partial charge is 0.248 e. The number of carbonyl (C=O) groups is 2. The molecule has 4 aromatic rings. The van der Waals surface area contributed by atoms with E-state index in [1.54, 1.807) is 33.6 Å². The summed E-state index contributed by atoms with van der Waals surface area (Å²) in [6, 6.07) is 11.3. The molecule has 0 fully saturated rings. The zero-order chi connectivity index (χ0) is 33.7. The Hall–Kier alpha value is -4.97. The number of carbonyl (C=O) groups excluding carboxylic acids is 2. The van der Waals surface area contributed by atoms with Crippen LogP contribution in [0.2, 0.25) is 0 Å². The molecule has 1 aliphatic rings. The van der Waals surface area contributed by atoms with Gasteiger partial charge in [-0.15, -0.1) is 11.3 Å².